The van der Waals surface area contributed by atoms with Gasteiger partial charge in [0, 0.05) is 18.9 Å². The van der Waals surface area contributed by atoms with E-state index in [2.05, 4.69) is 10.3 Å². The Hall–Kier alpha value is -1.62. The van der Waals surface area contributed by atoms with Crippen molar-refractivity contribution in [3.8, 4) is 0 Å². The Morgan fingerprint density at radius 1 is 1.48 bits per heavy atom. The summed E-state index contributed by atoms with van der Waals surface area (Å²) in [4.78, 5) is 30.3. The quantitative estimate of drug-likeness (QED) is 0.925. The fourth-order valence-corrected chi connectivity index (χ4v) is 2.75. The van der Waals surface area contributed by atoms with Crippen LogP contribution in [0, 0.1) is 5.92 Å². The maximum Gasteiger partial charge on any atom is 0.245 e. The van der Waals surface area contributed by atoms with Crippen LogP contribution in [0.5, 0.6) is 0 Å². The van der Waals surface area contributed by atoms with Gasteiger partial charge in [0.2, 0.25) is 11.8 Å². The van der Waals surface area contributed by atoms with Gasteiger partial charge in [0.15, 0.2) is 0 Å². The molecule has 5 nitrogen and oxygen atoms in total. The number of carbonyl (C=O) groups excluding carboxylic acids is 2. The molecule has 0 spiro atoms. The maximum atomic E-state index is 12.5. The first-order chi connectivity index (χ1) is 9.95. The van der Waals surface area contributed by atoms with Crippen LogP contribution in [-0.2, 0) is 16.1 Å². The van der Waals surface area contributed by atoms with Crippen LogP contribution in [0.2, 0.25) is 5.02 Å². The summed E-state index contributed by atoms with van der Waals surface area (Å²) in [5, 5.41) is 3.26. The molecule has 2 rings (SSSR count). The standard InChI is InChI=1S/C15H20ClN3O2/c1-4-9(2)13-14(20)18-10(3)15(21)19(13)8-11-5-6-17-7-12(11)16/h5-7,9-10,13H,4,8H2,1-3H3,(H,18,20). The van der Waals surface area contributed by atoms with Crippen molar-refractivity contribution in [2.75, 3.05) is 0 Å². The van der Waals surface area contributed by atoms with Crippen molar-refractivity contribution in [3.05, 3.63) is 29.0 Å². The van der Waals surface area contributed by atoms with Gasteiger partial charge in [-0.1, -0.05) is 31.9 Å². The molecule has 0 aliphatic carbocycles. The lowest BCUT2D eigenvalue weighted by molar-refractivity contribution is -0.151. The Morgan fingerprint density at radius 2 is 2.19 bits per heavy atom. The molecule has 1 N–H and O–H groups in total. The van der Waals surface area contributed by atoms with Crippen molar-refractivity contribution in [3.63, 3.8) is 0 Å². The van der Waals surface area contributed by atoms with E-state index >= 15 is 0 Å². The third-order valence-electron chi connectivity index (χ3n) is 4.00. The van der Waals surface area contributed by atoms with Gasteiger partial charge < -0.3 is 10.2 Å². The van der Waals surface area contributed by atoms with Gasteiger partial charge in [-0.3, -0.25) is 14.6 Å². The van der Waals surface area contributed by atoms with Crippen LogP contribution < -0.4 is 5.32 Å². The fraction of sp³-hybridized carbons (Fsp3) is 0.533. The summed E-state index contributed by atoms with van der Waals surface area (Å²) in [6.07, 6.45) is 4.00. The van der Waals surface area contributed by atoms with Crippen LogP contribution in [0.25, 0.3) is 0 Å². The van der Waals surface area contributed by atoms with E-state index in [1.807, 2.05) is 13.8 Å². The molecule has 1 saturated heterocycles. The molecule has 0 saturated carbocycles. The first-order valence-electron chi connectivity index (χ1n) is 7.15. The van der Waals surface area contributed by atoms with Crippen LogP contribution in [0.1, 0.15) is 32.8 Å². The molecule has 1 aliphatic rings. The normalized spacial score (nSPS) is 23.9. The Labute approximate surface area is 129 Å². The largest absolute Gasteiger partial charge is 0.343 e. The average molecular weight is 310 g/mol. The van der Waals surface area contributed by atoms with Gasteiger partial charge in [-0.05, 0) is 24.5 Å². The molecule has 2 amide bonds. The van der Waals surface area contributed by atoms with Gasteiger partial charge in [-0.2, -0.15) is 0 Å². The number of carbonyl (C=O) groups is 2. The van der Waals surface area contributed by atoms with E-state index in [1.54, 1.807) is 30.3 Å². The number of piperazine rings is 1. The lowest BCUT2D eigenvalue weighted by atomic mass is 9.93. The van der Waals surface area contributed by atoms with Crippen molar-refractivity contribution >= 4 is 23.4 Å². The number of pyridine rings is 1. The molecular formula is C15H20ClN3O2. The van der Waals surface area contributed by atoms with Gasteiger partial charge >= 0.3 is 0 Å². The van der Waals surface area contributed by atoms with E-state index in [4.69, 9.17) is 11.6 Å². The SMILES string of the molecule is CCC(C)C1C(=O)NC(C)C(=O)N1Cc1ccncc1Cl. The first-order valence-corrected chi connectivity index (χ1v) is 7.52. The zero-order chi connectivity index (χ0) is 15.6. The topological polar surface area (TPSA) is 62.3 Å². The summed E-state index contributed by atoms with van der Waals surface area (Å²) < 4.78 is 0. The highest BCUT2D eigenvalue weighted by molar-refractivity contribution is 6.31. The number of hydrogen-bond acceptors (Lipinski definition) is 3. The van der Waals surface area contributed by atoms with Gasteiger partial charge in [0.25, 0.3) is 0 Å². The summed E-state index contributed by atoms with van der Waals surface area (Å²) in [6.45, 7) is 6.02. The second kappa shape index (κ2) is 6.43. The summed E-state index contributed by atoms with van der Waals surface area (Å²) in [5.41, 5.74) is 0.801. The minimum atomic E-state index is -0.501. The molecule has 2 heterocycles. The number of aromatic nitrogens is 1. The Bertz CT molecular complexity index is 549. The minimum Gasteiger partial charge on any atom is -0.343 e. The number of nitrogens with one attached hydrogen (secondary N) is 1. The second-order valence-electron chi connectivity index (χ2n) is 5.49. The van der Waals surface area contributed by atoms with Gasteiger partial charge in [-0.25, -0.2) is 0 Å². The minimum absolute atomic E-state index is 0.0761. The van der Waals surface area contributed by atoms with Gasteiger partial charge in [-0.15, -0.1) is 0 Å². The van der Waals surface area contributed by atoms with Crippen molar-refractivity contribution < 1.29 is 9.59 Å². The predicted octanol–water partition coefficient (Wildman–Crippen LogP) is 2.00. The number of nitrogens with zero attached hydrogens (tertiary/aromatic N) is 2. The lowest BCUT2D eigenvalue weighted by Gasteiger charge is -2.40. The van der Waals surface area contributed by atoms with Crippen LogP contribution in [0.3, 0.4) is 0 Å². The Morgan fingerprint density at radius 3 is 2.81 bits per heavy atom. The van der Waals surface area contributed by atoms with E-state index in [9.17, 15) is 9.59 Å². The molecule has 3 atom stereocenters. The summed E-state index contributed by atoms with van der Waals surface area (Å²) in [5.74, 6) is -0.0866. The molecule has 0 bridgehead atoms. The number of amides is 2. The molecule has 3 unspecified atom stereocenters. The summed E-state index contributed by atoms with van der Waals surface area (Å²) in [7, 11) is 0. The number of rotatable bonds is 4. The van der Waals surface area contributed by atoms with Crippen molar-refractivity contribution in [1.29, 1.82) is 0 Å². The molecular weight excluding hydrogens is 290 g/mol. The zero-order valence-corrected chi connectivity index (χ0v) is 13.2. The van der Waals surface area contributed by atoms with Crippen molar-refractivity contribution in [2.45, 2.75) is 45.8 Å². The highest BCUT2D eigenvalue weighted by Gasteiger charge is 2.40. The monoisotopic (exact) mass is 309 g/mol. The molecule has 1 aromatic rings. The van der Waals surface area contributed by atoms with E-state index in [0.717, 1.165) is 12.0 Å². The van der Waals surface area contributed by atoms with Crippen molar-refractivity contribution in [2.24, 2.45) is 5.92 Å². The van der Waals surface area contributed by atoms with Crippen molar-refractivity contribution in [1.82, 2.24) is 15.2 Å². The molecule has 21 heavy (non-hydrogen) atoms. The number of halogens is 1. The van der Waals surface area contributed by atoms with Gasteiger partial charge in [0.1, 0.15) is 12.1 Å². The summed E-state index contributed by atoms with van der Waals surface area (Å²) in [6, 6.07) is 0.821. The van der Waals surface area contributed by atoms with E-state index < -0.39 is 12.1 Å². The lowest BCUT2D eigenvalue weighted by Crippen LogP contribution is -2.63. The van der Waals surface area contributed by atoms with E-state index in [-0.39, 0.29) is 17.7 Å². The molecule has 1 aliphatic heterocycles. The molecule has 1 fully saturated rings. The highest BCUT2D eigenvalue weighted by atomic mass is 35.5. The molecule has 0 radical (unpaired) electrons. The van der Waals surface area contributed by atoms with Gasteiger partial charge in [0.05, 0.1) is 5.02 Å². The van der Waals surface area contributed by atoms with E-state index in [0.29, 0.717) is 11.6 Å². The fourth-order valence-electron chi connectivity index (χ4n) is 2.57. The second-order valence-corrected chi connectivity index (χ2v) is 5.90. The average Bonchev–Trinajstić information content (AvgIpc) is 2.46. The van der Waals surface area contributed by atoms with Crippen LogP contribution in [0.15, 0.2) is 18.5 Å². The van der Waals surface area contributed by atoms with Crippen LogP contribution in [-0.4, -0.2) is 33.8 Å². The van der Waals surface area contributed by atoms with Crippen LogP contribution >= 0.6 is 11.6 Å². The third-order valence-corrected chi connectivity index (χ3v) is 4.34. The third kappa shape index (κ3) is 3.18. The predicted molar refractivity (Wildman–Crippen MR) is 80.6 cm³/mol. The van der Waals surface area contributed by atoms with Crippen LogP contribution in [0.4, 0.5) is 0 Å². The Balaban J connectivity index is 2.32. The highest BCUT2D eigenvalue weighted by Crippen LogP contribution is 2.24. The zero-order valence-electron chi connectivity index (χ0n) is 12.5. The molecule has 0 aromatic carbocycles. The maximum absolute atomic E-state index is 12.5. The Kier molecular flexibility index (Phi) is 4.83. The molecule has 6 heteroatoms. The molecule has 1 aromatic heterocycles. The summed E-state index contributed by atoms with van der Waals surface area (Å²) >= 11 is 6.12. The smallest absolute Gasteiger partial charge is 0.245 e. The first kappa shape index (κ1) is 15.8. The molecule has 114 valence electrons. The number of hydrogen-bond donors (Lipinski definition) is 1. The van der Waals surface area contributed by atoms with E-state index in [1.165, 1.54) is 0 Å².